The van der Waals surface area contributed by atoms with E-state index in [1.807, 2.05) is 6.92 Å². The van der Waals surface area contributed by atoms with Gasteiger partial charge in [0.05, 0.1) is 12.2 Å². The third-order valence-corrected chi connectivity index (χ3v) is 6.99. The second kappa shape index (κ2) is 8.28. The highest BCUT2D eigenvalue weighted by atomic mass is 35.5. The van der Waals surface area contributed by atoms with Crippen LogP contribution in [0.25, 0.3) is 0 Å². The zero-order valence-corrected chi connectivity index (χ0v) is 18.1. The lowest BCUT2D eigenvalue weighted by molar-refractivity contribution is 0.475. The van der Waals surface area contributed by atoms with Crippen molar-refractivity contribution in [3.05, 3.63) is 63.6 Å². The Kier molecular flexibility index (Phi) is 6.15. The van der Waals surface area contributed by atoms with Gasteiger partial charge >= 0.3 is 10.1 Å². The number of hydrogen-bond acceptors (Lipinski definition) is 8. The molecular formula is C17H15ClN2O6S3. The number of anilines is 1. The van der Waals surface area contributed by atoms with Crippen molar-refractivity contribution < 1.29 is 25.6 Å². The SMILES string of the molecule is Cc1ccc(S(=O)(=O)Oc2ccc(NCc3cnc(Cl)s3)c(S(=O)(=O)O)c2)cc1. The van der Waals surface area contributed by atoms with Crippen LogP contribution in [0.4, 0.5) is 5.69 Å². The average Bonchev–Trinajstić information content (AvgIpc) is 3.05. The number of aryl methyl sites for hydroxylation is 1. The molecule has 1 aromatic heterocycles. The van der Waals surface area contributed by atoms with Gasteiger partial charge in [-0.3, -0.25) is 4.55 Å². The summed E-state index contributed by atoms with van der Waals surface area (Å²) in [6.45, 7) is 2.01. The Morgan fingerprint density at radius 2 is 1.83 bits per heavy atom. The molecule has 0 saturated heterocycles. The molecule has 154 valence electrons. The van der Waals surface area contributed by atoms with Crippen molar-refractivity contribution >= 4 is 48.9 Å². The fourth-order valence-corrected chi connectivity index (χ4v) is 4.86. The number of hydrogen-bond donors (Lipinski definition) is 2. The van der Waals surface area contributed by atoms with E-state index in [2.05, 4.69) is 10.3 Å². The maximum atomic E-state index is 12.4. The molecule has 0 amide bonds. The molecule has 0 saturated carbocycles. The minimum absolute atomic E-state index is 0.0668. The molecule has 29 heavy (non-hydrogen) atoms. The summed E-state index contributed by atoms with van der Waals surface area (Å²) in [5.74, 6) is -0.260. The van der Waals surface area contributed by atoms with Crippen molar-refractivity contribution in [3.8, 4) is 5.75 Å². The highest BCUT2D eigenvalue weighted by Gasteiger charge is 2.21. The average molecular weight is 475 g/mol. The van der Waals surface area contributed by atoms with E-state index in [-0.39, 0.29) is 22.9 Å². The first-order valence-corrected chi connectivity index (χ1v) is 12.1. The number of thiazole rings is 1. The molecule has 1 heterocycles. The summed E-state index contributed by atoms with van der Waals surface area (Å²) >= 11 is 6.96. The Morgan fingerprint density at radius 1 is 1.14 bits per heavy atom. The third-order valence-electron chi connectivity index (χ3n) is 3.73. The number of rotatable bonds is 7. The molecule has 8 nitrogen and oxygen atoms in total. The first kappa shape index (κ1) is 21.5. The maximum Gasteiger partial charge on any atom is 0.339 e. The molecule has 12 heteroatoms. The van der Waals surface area contributed by atoms with E-state index in [9.17, 15) is 21.4 Å². The number of nitrogens with one attached hydrogen (secondary N) is 1. The zero-order valence-electron chi connectivity index (χ0n) is 14.9. The Bertz CT molecular complexity index is 1240. The third kappa shape index (κ3) is 5.46. The maximum absolute atomic E-state index is 12.4. The largest absolute Gasteiger partial charge is 0.379 e. The lowest BCUT2D eigenvalue weighted by Crippen LogP contribution is -2.11. The minimum atomic E-state index is -4.66. The Balaban J connectivity index is 1.88. The summed E-state index contributed by atoms with van der Waals surface area (Å²) in [6, 6.07) is 9.49. The van der Waals surface area contributed by atoms with E-state index in [1.54, 1.807) is 12.1 Å². The highest BCUT2D eigenvalue weighted by molar-refractivity contribution is 7.87. The van der Waals surface area contributed by atoms with Crippen LogP contribution >= 0.6 is 22.9 Å². The number of nitrogens with zero attached hydrogens (tertiary/aromatic N) is 1. The van der Waals surface area contributed by atoms with Gasteiger partial charge in [-0.2, -0.15) is 16.8 Å². The van der Waals surface area contributed by atoms with Gasteiger partial charge in [-0.05, 0) is 31.2 Å². The molecule has 0 fully saturated rings. The van der Waals surface area contributed by atoms with E-state index in [4.69, 9.17) is 15.8 Å². The van der Waals surface area contributed by atoms with Crippen LogP contribution in [0.1, 0.15) is 10.4 Å². The normalized spacial score (nSPS) is 12.0. The second-order valence-electron chi connectivity index (χ2n) is 5.92. The van der Waals surface area contributed by atoms with E-state index in [1.165, 1.54) is 41.8 Å². The van der Waals surface area contributed by atoms with Gasteiger partial charge in [-0.25, -0.2) is 4.98 Å². The van der Waals surface area contributed by atoms with Gasteiger partial charge in [0.15, 0.2) is 4.47 Å². The van der Waals surface area contributed by atoms with Crippen LogP contribution in [0.2, 0.25) is 4.47 Å². The molecule has 2 aromatic carbocycles. The standard InChI is InChI=1S/C17H15ClN2O6S3/c1-11-2-5-14(6-3-11)29(24,25)26-12-4-7-15(16(8-12)28(21,22)23)19-9-13-10-20-17(18)27-13/h2-8,10,19H,9H2,1H3,(H,21,22,23). The first-order chi connectivity index (χ1) is 13.5. The monoisotopic (exact) mass is 474 g/mol. The first-order valence-electron chi connectivity index (χ1n) is 8.01. The Labute approximate surface area is 177 Å². The van der Waals surface area contributed by atoms with E-state index < -0.39 is 25.1 Å². The van der Waals surface area contributed by atoms with Crippen molar-refractivity contribution in [3.63, 3.8) is 0 Å². The molecule has 0 atom stereocenters. The predicted octanol–water partition coefficient (Wildman–Crippen LogP) is 3.73. The molecule has 0 radical (unpaired) electrons. The van der Waals surface area contributed by atoms with Gasteiger partial charge in [0, 0.05) is 17.1 Å². The van der Waals surface area contributed by atoms with Crippen molar-refractivity contribution in [2.24, 2.45) is 0 Å². The van der Waals surface area contributed by atoms with E-state index >= 15 is 0 Å². The Morgan fingerprint density at radius 3 is 2.41 bits per heavy atom. The molecule has 2 N–H and O–H groups in total. The van der Waals surface area contributed by atoms with Crippen molar-refractivity contribution in [2.75, 3.05) is 5.32 Å². The van der Waals surface area contributed by atoms with Gasteiger partial charge in [0.1, 0.15) is 15.5 Å². The highest BCUT2D eigenvalue weighted by Crippen LogP contribution is 2.29. The van der Waals surface area contributed by atoms with Crippen LogP contribution in [0.3, 0.4) is 0 Å². The lowest BCUT2D eigenvalue weighted by Gasteiger charge is -2.12. The summed E-state index contributed by atoms with van der Waals surface area (Å²) in [6.07, 6.45) is 1.53. The Hall–Kier alpha value is -2.18. The molecule has 3 aromatic rings. The van der Waals surface area contributed by atoms with Crippen LogP contribution in [0.5, 0.6) is 5.75 Å². The van der Waals surface area contributed by atoms with Gasteiger partial charge in [-0.15, -0.1) is 11.3 Å². The molecule has 0 spiro atoms. The van der Waals surface area contributed by atoms with Gasteiger partial charge in [0.25, 0.3) is 10.1 Å². The van der Waals surface area contributed by atoms with Crippen molar-refractivity contribution in [2.45, 2.75) is 23.3 Å². The fraction of sp³-hybridized carbons (Fsp3) is 0.118. The molecule has 0 aliphatic carbocycles. The van der Waals surface area contributed by atoms with Gasteiger partial charge in [0.2, 0.25) is 0 Å². The fourth-order valence-electron chi connectivity index (χ4n) is 2.34. The molecular weight excluding hydrogens is 460 g/mol. The van der Waals surface area contributed by atoms with Crippen LogP contribution < -0.4 is 9.50 Å². The summed E-state index contributed by atoms with van der Waals surface area (Å²) in [4.78, 5) is 4.01. The lowest BCUT2D eigenvalue weighted by atomic mass is 10.2. The van der Waals surface area contributed by atoms with E-state index in [0.717, 1.165) is 16.5 Å². The topological polar surface area (TPSA) is 123 Å². The summed E-state index contributed by atoms with van der Waals surface area (Å²) in [5, 5.41) is 2.84. The van der Waals surface area contributed by atoms with Crippen LogP contribution in [0, 0.1) is 6.92 Å². The number of aromatic nitrogens is 1. The summed E-state index contributed by atoms with van der Waals surface area (Å²) in [5.41, 5.74) is 0.937. The molecule has 0 aliphatic rings. The van der Waals surface area contributed by atoms with E-state index in [0.29, 0.717) is 4.47 Å². The molecule has 3 rings (SSSR count). The second-order valence-corrected chi connectivity index (χ2v) is 10.6. The van der Waals surface area contributed by atoms with Crippen molar-refractivity contribution in [1.82, 2.24) is 4.98 Å². The number of halogens is 1. The van der Waals surface area contributed by atoms with Gasteiger partial charge < -0.3 is 9.50 Å². The molecule has 0 unspecified atom stereocenters. The zero-order chi connectivity index (χ0) is 21.2. The minimum Gasteiger partial charge on any atom is -0.379 e. The van der Waals surface area contributed by atoms with Crippen molar-refractivity contribution in [1.29, 1.82) is 0 Å². The molecule has 0 aliphatic heterocycles. The predicted molar refractivity (Wildman–Crippen MR) is 110 cm³/mol. The van der Waals surface area contributed by atoms with Crippen LogP contribution in [-0.4, -0.2) is 26.4 Å². The molecule has 0 bridgehead atoms. The quantitative estimate of drug-likeness (QED) is 0.392. The van der Waals surface area contributed by atoms with Gasteiger partial charge in [-0.1, -0.05) is 29.3 Å². The summed E-state index contributed by atoms with van der Waals surface area (Å²) in [7, 11) is -8.83. The van der Waals surface area contributed by atoms with Crippen LogP contribution in [-0.2, 0) is 26.8 Å². The smallest absolute Gasteiger partial charge is 0.339 e. The number of benzene rings is 2. The van der Waals surface area contributed by atoms with Crippen LogP contribution in [0.15, 0.2) is 58.5 Å². The summed E-state index contributed by atoms with van der Waals surface area (Å²) < 4.78 is 63.3.